The second kappa shape index (κ2) is 8.01. The van der Waals surface area contributed by atoms with E-state index in [0.717, 1.165) is 16.8 Å². The molecular formula is C18H18N4O3S. The van der Waals surface area contributed by atoms with Crippen LogP contribution >= 0.6 is 11.8 Å². The van der Waals surface area contributed by atoms with Gasteiger partial charge in [0.25, 0.3) is 0 Å². The van der Waals surface area contributed by atoms with Gasteiger partial charge in [0, 0.05) is 12.1 Å². The van der Waals surface area contributed by atoms with Gasteiger partial charge < -0.3 is 15.1 Å². The van der Waals surface area contributed by atoms with Gasteiger partial charge in [-0.2, -0.15) is 5.10 Å². The summed E-state index contributed by atoms with van der Waals surface area (Å²) in [5, 5.41) is 13.1. The van der Waals surface area contributed by atoms with Gasteiger partial charge in [0.1, 0.15) is 11.0 Å². The quantitative estimate of drug-likeness (QED) is 0.625. The summed E-state index contributed by atoms with van der Waals surface area (Å²) in [7, 11) is 0. The van der Waals surface area contributed by atoms with Crippen molar-refractivity contribution in [2.75, 3.05) is 5.32 Å². The van der Waals surface area contributed by atoms with Crippen LogP contribution < -0.4 is 10.6 Å². The number of benzene rings is 1. The van der Waals surface area contributed by atoms with E-state index >= 15 is 0 Å². The first-order chi connectivity index (χ1) is 12.5. The van der Waals surface area contributed by atoms with Gasteiger partial charge in [-0.15, -0.1) is 5.10 Å². The van der Waals surface area contributed by atoms with Gasteiger partial charge in [0.15, 0.2) is 5.17 Å². The predicted octanol–water partition coefficient (Wildman–Crippen LogP) is 2.85. The van der Waals surface area contributed by atoms with Crippen molar-refractivity contribution in [1.29, 1.82) is 0 Å². The van der Waals surface area contributed by atoms with E-state index in [2.05, 4.69) is 20.8 Å². The van der Waals surface area contributed by atoms with Gasteiger partial charge in [-0.1, -0.05) is 23.9 Å². The maximum Gasteiger partial charge on any atom is 0.240 e. The van der Waals surface area contributed by atoms with Crippen LogP contribution in [0.1, 0.15) is 23.3 Å². The van der Waals surface area contributed by atoms with E-state index in [0.29, 0.717) is 10.9 Å². The molecule has 2 aromatic rings. The van der Waals surface area contributed by atoms with E-state index in [1.165, 1.54) is 24.2 Å². The molecule has 8 heteroatoms. The molecule has 0 bridgehead atoms. The topological polar surface area (TPSA) is 96.1 Å². The van der Waals surface area contributed by atoms with Crippen molar-refractivity contribution >= 4 is 40.6 Å². The second-order valence-corrected chi connectivity index (χ2v) is 6.95. The van der Waals surface area contributed by atoms with Crippen LogP contribution in [0.25, 0.3) is 0 Å². The maximum absolute atomic E-state index is 12.3. The van der Waals surface area contributed by atoms with Crippen LogP contribution in [0, 0.1) is 13.8 Å². The highest BCUT2D eigenvalue weighted by Gasteiger charge is 2.32. The summed E-state index contributed by atoms with van der Waals surface area (Å²) >= 11 is 1.19. The summed E-state index contributed by atoms with van der Waals surface area (Å²) in [5.41, 5.74) is 2.87. The van der Waals surface area contributed by atoms with Gasteiger partial charge in [-0.3, -0.25) is 9.59 Å². The molecule has 1 fully saturated rings. The van der Waals surface area contributed by atoms with Gasteiger partial charge in [-0.25, -0.2) is 0 Å². The number of nitrogens with one attached hydrogen (secondary N) is 2. The lowest BCUT2D eigenvalue weighted by Crippen LogP contribution is -2.28. The lowest BCUT2D eigenvalue weighted by molar-refractivity contribution is -0.122. The highest BCUT2D eigenvalue weighted by molar-refractivity contribution is 8.15. The molecule has 0 spiro atoms. The molecule has 0 aliphatic carbocycles. The zero-order chi connectivity index (χ0) is 18.5. The van der Waals surface area contributed by atoms with Crippen LogP contribution in [-0.2, 0) is 9.59 Å². The molecule has 1 aromatic carbocycles. The summed E-state index contributed by atoms with van der Waals surface area (Å²) in [4.78, 5) is 24.3. The molecule has 2 heterocycles. The molecule has 2 amide bonds. The van der Waals surface area contributed by atoms with Crippen molar-refractivity contribution in [3.8, 4) is 0 Å². The average molecular weight is 370 g/mol. The number of carbonyl (C=O) groups is 2. The predicted molar refractivity (Wildman–Crippen MR) is 102 cm³/mol. The van der Waals surface area contributed by atoms with Crippen molar-refractivity contribution in [1.82, 2.24) is 5.32 Å². The average Bonchev–Trinajstić information content (AvgIpc) is 3.22. The lowest BCUT2D eigenvalue weighted by Gasteiger charge is -2.11. The molecule has 1 saturated heterocycles. The molecule has 3 rings (SSSR count). The number of hydrogen-bond acceptors (Lipinski definition) is 6. The van der Waals surface area contributed by atoms with Crippen LogP contribution in [0.5, 0.6) is 0 Å². The molecule has 1 atom stereocenters. The third-order valence-electron chi connectivity index (χ3n) is 3.90. The Bertz CT molecular complexity index is 875. The Balaban J connectivity index is 1.57. The Kier molecular flexibility index (Phi) is 5.52. The Morgan fingerprint density at radius 1 is 1.35 bits per heavy atom. The summed E-state index contributed by atoms with van der Waals surface area (Å²) in [6.07, 6.45) is 3.04. The van der Waals surface area contributed by atoms with E-state index < -0.39 is 5.25 Å². The minimum Gasteiger partial charge on any atom is -0.463 e. The van der Waals surface area contributed by atoms with E-state index in [1.807, 2.05) is 32.0 Å². The van der Waals surface area contributed by atoms with Gasteiger partial charge >= 0.3 is 0 Å². The molecule has 134 valence electrons. The number of amides is 2. The standard InChI is InChI=1S/C18H18N4O3S/c1-11-5-3-7-14(12(11)2)20-16(23)9-15-17(24)21-18(26-15)22-19-10-13-6-4-8-25-13/h3-8,10,15H,9H2,1-2H3,(H,20,23)(H,21,22,24)/b19-10-. The monoisotopic (exact) mass is 370 g/mol. The highest BCUT2D eigenvalue weighted by Crippen LogP contribution is 2.24. The number of carbonyl (C=O) groups excluding carboxylic acids is 2. The molecule has 7 nitrogen and oxygen atoms in total. The molecular weight excluding hydrogens is 352 g/mol. The lowest BCUT2D eigenvalue weighted by atomic mass is 10.1. The summed E-state index contributed by atoms with van der Waals surface area (Å²) in [6, 6.07) is 9.20. The molecule has 2 N–H and O–H groups in total. The van der Waals surface area contributed by atoms with Gasteiger partial charge in [0.2, 0.25) is 11.8 Å². The zero-order valence-corrected chi connectivity index (χ0v) is 15.2. The van der Waals surface area contributed by atoms with Crippen LogP contribution in [0.15, 0.2) is 51.2 Å². The number of nitrogens with zero attached hydrogens (tertiary/aromatic N) is 2. The molecule has 0 saturated carbocycles. The van der Waals surface area contributed by atoms with Crippen LogP contribution in [0.4, 0.5) is 5.69 Å². The van der Waals surface area contributed by atoms with Crippen molar-refractivity contribution in [3.63, 3.8) is 0 Å². The molecule has 26 heavy (non-hydrogen) atoms. The SMILES string of the molecule is Cc1cccc(NC(=O)CC2S/C(=N/N=C\c3ccco3)NC2=O)c1C. The van der Waals surface area contributed by atoms with Gasteiger partial charge in [0.05, 0.1) is 12.5 Å². The minimum absolute atomic E-state index is 0.0603. The first-order valence-electron chi connectivity index (χ1n) is 8.01. The van der Waals surface area contributed by atoms with Crippen molar-refractivity contribution in [2.45, 2.75) is 25.5 Å². The molecule has 0 radical (unpaired) electrons. The second-order valence-electron chi connectivity index (χ2n) is 5.76. The van der Waals surface area contributed by atoms with Crippen molar-refractivity contribution in [3.05, 3.63) is 53.5 Å². The number of anilines is 1. The minimum atomic E-state index is -0.530. The number of rotatable bonds is 5. The summed E-state index contributed by atoms with van der Waals surface area (Å²) < 4.78 is 5.10. The smallest absolute Gasteiger partial charge is 0.240 e. The first kappa shape index (κ1) is 17.9. The molecule has 1 aromatic heterocycles. The van der Waals surface area contributed by atoms with E-state index in [-0.39, 0.29) is 18.2 Å². The third kappa shape index (κ3) is 4.40. The van der Waals surface area contributed by atoms with Crippen LogP contribution in [-0.4, -0.2) is 28.4 Å². The van der Waals surface area contributed by atoms with Crippen LogP contribution in [0.3, 0.4) is 0 Å². The fourth-order valence-electron chi connectivity index (χ4n) is 2.35. The molecule has 1 unspecified atom stereocenters. The fourth-order valence-corrected chi connectivity index (χ4v) is 3.27. The Morgan fingerprint density at radius 3 is 2.96 bits per heavy atom. The summed E-state index contributed by atoms with van der Waals surface area (Å²) in [6.45, 7) is 3.93. The van der Waals surface area contributed by atoms with Crippen molar-refractivity contribution in [2.24, 2.45) is 10.2 Å². The Morgan fingerprint density at radius 2 is 2.19 bits per heavy atom. The van der Waals surface area contributed by atoms with E-state index in [9.17, 15) is 9.59 Å². The largest absolute Gasteiger partial charge is 0.463 e. The number of aryl methyl sites for hydroxylation is 1. The van der Waals surface area contributed by atoms with Crippen molar-refractivity contribution < 1.29 is 14.0 Å². The van der Waals surface area contributed by atoms with E-state index in [4.69, 9.17) is 4.42 Å². The van der Waals surface area contributed by atoms with Crippen LogP contribution in [0.2, 0.25) is 0 Å². The fraction of sp³-hybridized carbons (Fsp3) is 0.222. The molecule has 1 aliphatic heterocycles. The molecule has 1 aliphatic rings. The Hall–Kier alpha value is -2.87. The normalized spacial score (nSPS) is 18.5. The number of furan rings is 1. The number of thioether (sulfide) groups is 1. The Labute approximate surface area is 155 Å². The number of hydrogen-bond donors (Lipinski definition) is 2. The van der Waals surface area contributed by atoms with E-state index in [1.54, 1.807) is 12.1 Å². The maximum atomic E-state index is 12.3. The van der Waals surface area contributed by atoms with Gasteiger partial charge in [-0.05, 0) is 43.2 Å². The highest BCUT2D eigenvalue weighted by atomic mass is 32.2. The third-order valence-corrected chi connectivity index (χ3v) is 4.97. The zero-order valence-electron chi connectivity index (χ0n) is 14.4. The summed E-state index contributed by atoms with van der Waals surface area (Å²) in [5.74, 6) is 0.0953. The number of amidine groups is 1. The first-order valence-corrected chi connectivity index (χ1v) is 8.89.